The summed E-state index contributed by atoms with van der Waals surface area (Å²) in [6, 6.07) is 14.3. The quantitative estimate of drug-likeness (QED) is 0.506. The van der Waals surface area contributed by atoms with Crippen LogP contribution in [0.4, 0.5) is 11.4 Å². The van der Waals surface area contributed by atoms with Gasteiger partial charge in [0.15, 0.2) is 11.5 Å². The average molecular weight is 471 g/mol. The van der Waals surface area contributed by atoms with Gasteiger partial charge in [-0.2, -0.15) is 0 Å². The first-order chi connectivity index (χ1) is 15.7. The molecule has 0 aliphatic heterocycles. The summed E-state index contributed by atoms with van der Waals surface area (Å²) in [6.45, 7) is 3.76. The van der Waals surface area contributed by atoms with Gasteiger partial charge in [0.25, 0.3) is 15.9 Å². The third-order valence-electron chi connectivity index (χ3n) is 5.20. The molecule has 3 aromatic carbocycles. The number of carbonyl (C=O) groups is 1. The molecule has 0 aliphatic rings. The highest BCUT2D eigenvalue weighted by molar-refractivity contribution is 7.92. The Morgan fingerprint density at radius 1 is 0.848 bits per heavy atom. The SMILES string of the molecule is COc1cc(NC(=O)c2ccc(S(=O)(=O)Nc3cccc(C)c3C)cc2)cc(OC)c1OC. The molecule has 2 N–H and O–H groups in total. The Hall–Kier alpha value is -3.72. The largest absolute Gasteiger partial charge is 0.493 e. The van der Waals surface area contributed by atoms with E-state index in [-0.39, 0.29) is 10.5 Å². The summed E-state index contributed by atoms with van der Waals surface area (Å²) >= 11 is 0. The molecule has 0 heterocycles. The third-order valence-corrected chi connectivity index (χ3v) is 6.58. The van der Waals surface area contributed by atoms with E-state index in [0.29, 0.717) is 28.6 Å². The first-order valence-corrected chi connectivity index (χ1v) is 11.5. The van der Waals surface area contributed by atoms with Gasteiger partial charge in [-0.25, -0.2) is 8.42 Å². The molecule has 0 fully saturated rings. The van der Waals surface area contributed by atoms with E-state index in [9.17, 15) is 13.2 Å². The predicted molar refractivity (Wildman–Crippen MR) is 127 cm³/mol. The minimum atomic E-state index is -3.81. The van der Waals surface area contributed by atoms with Crippen LogP contribution in [0, 0.1) is 13.8 Å². The van der Waals surface area contributed by atoms with Gasteiger partial charge in [0, 0.05) is 23.4 Å². The Labute approximate surface area is 193 Å². The number of methoxy groups -OCH3 is 3. The molecule has 0 saturated carbocycles. The van der Waals surface area contributed by atoms with E-state index in [1.54, 1.807) is 24.3 Å². The topological polar surface area (TPSA) is 103 Å². The summed E-state index contributed by atoms with van der Waals surface area (Å²) in [5.74, 6) is 0.775. The van der Waals surface area contributed by atoms with Crippen molar-refractivity contribution in [1.82, 2.24) is 0 Å². The molecule has 0 atom stereocenters. The number of hydrogen-bond donors (Lipinski definition) is 2. The van der Waals surface area contributed by atoms with Crippen molar-refractivity contribution in [3.05, 3.63) is 71.3 Å². The highest BCUT2D eigenvalue weighted by atomic mass is 32.2. The molecule has 0 unspecified atom stereocenters. The Kier molecular flexibility index (Phi) is 7.13. The van der Waals surface area contributed by atoms with E-state index in [1.807, 2.05) is 19.9 Å². The smallest absolute Gasteiger partial charge is 0.261 e. The van der Waals surface area contributed by atoms with E-state index >= 15 is 0 Å². The van der Waals surface area contributed by atoms with Crippen LogP contribution in [0.25, 0.3) is 0 Å². The predicted octanol–water partition coefficient (Wildman–Crippen LogP) is 4.38. The Morgan fingerprint density at radius 3 is 2.00 bits per heavy atom. The molecule has 3 aromatic rings. The fraction of sp³-hybridized carbons (Fsp3) is 0.208. The van der Waals surface area contributed by atoms with Gasteiger partial charge in [-0.15, -0.1) is 0 Å². The average Bonchev–Trinajstić information content (AvgIpc) is 2.81. The molecule has 3 rings (SSSR count). The van der Waals surface area contributed by atoms with Crippen LogP contribution in [0.5, 0.6) is 17.2 Å². The molecule has 0 aliphatic carbocycles. The number of hydrogen-bond acceptors (Lipinski definition) is 6. The highest BCUT2D eigenvalue weighted by Gasteiger charge is 2.18. The molecule has 8 nitrogen and oxygen atoms in total. The van der Waals surface area contributed by atoms with Gasteiger partial charge in [0.2, 0.25) is 5.75 Å². The van der Waals surface area contributed by atoms with Gasteiger partial charge in [0.05, 0.1) is 31.9 Å². The molecule has 0 aromatic heterocycles. The number of amides is 1. The number of benzene rings is 3. The second-order valence-electron chi connectivity index (χ2n) is 7.25. The van der Waals surface area contributed by atoms with Crippen LogP contribution in [-0.4, -0.2) is 35.7 Å². The van der Waals surface area contributed by atoms with Crippen molar-refractivity contribution in [3.63, 3.8) is 0 Å². The van der Waals surface area contributed by atoms with E-state index < -0.39 is 15.9 Å². The van der Waals surface area contributed by atoms with Crippen molar-refractivity contribution in [2.45, 2.75) is 18.7 Å². The number of aryl methyl sites for hydroxylation is 1. The molecule has 0 radical (unpaired) electrons. The van der Waals surface area contributed by atoms with Crippen molar-refractivity contribution in [1.29, 1.82) is 0 Å². The van der Waals surface area contributed by atoms with Crippen LogP contribution in [0.3, 0.4) is 0 Å². The number of carbonyl (C=O) groups excluding carboxylic acids is 1. The molecule has 174 valence electrons. The van der Waals surface area contributed by atoms with Crippen LogP contribution in [-0.2, 0) is 10.0 Å². The van der Waals surface area contributed by atoms with Gasteiger partial charge < -0.3 is 19.5 Å². The number of sulfonamides is 1. The molecule has 0 spiro atoms. The summed E-state index contributed by atoms with van der Waals surface area (Å²) in [5.41, 5.74) is 3.06. The Bertz CT molecular complexity index is 1250. The van der Waals surface area contributed by atoms with Crippen molar-refractivity contribution in [3.8, 4) is 17.2 Å². The normalized spacial score (nSPS) is 10.9. The van der Waals surface area contributed by atoms with E-state index in [4.69, 9.17) is 14.2 Å². The summed E-state index contributed by atoms with van der Waals surface area (Å²) in [6.07, 6.45) is 0. The monoisotopic (exact) mass is 470 g/mol. The zero-order chi connectivity index (χ0) is 24.2. The molecule has 0 bridgehead atoms. The zero-order valence-electron chi connectivity index (χ0n) is 19.1. The molecular weight excluding hydrogens is 444 g/mol. The maximum atomic E-state index is 12.8. The molecule has 1 amide bonds. The van der Waals surface area contributed by atoms with Gasteiger partial charge in [0.1, 0.15) is 0 Å². The third kappa shape index (κ3) is 5.20. The summed E-state index contributed by atoms with van der Waals surface area (Å²) in [7, 11) is 0.642. The van der Waals surface area contributed by atoms with Crippen LogP contribution in [0.1, 0.15) is 21.5 Å². The van der Waals surface area contributed by atoms with Crippen molar-refractivity contribution in [2.24, 2.45) is 0 Å². The molecular formula is C24H26N2O6S. The Balaban J connectivity index is 1.80. The summed E-state index contributed by atoms with van der Waals surface area (Å²) in [5, 5.41) is 2.75. The number of nitrogens with one attached hydrogen (secondary N) is 2. The zero-order valence-corrected chi connectivity index (χ0v) is 19.9. The first-order valence-electron chi connectivity index (χ1n) is 10.0. The number of ether oxygens (including phenoxy) is 3. The minimum Gasteiger partial charge on any atom is -0.493 e. The fourth-order valence-electron chi connectivity index (χ4n) is 3.21. The Morgan fingerprint density at radius 2 is 1.45 bits per heavy atom. The lowest BCUT2D eigenvalue weighted by Crippen LogP contribution is -2.15. The van der Waals surface area contributed by atoms with Crippen LogP contribution >= 0.6 is 0 Å². The van der Waals surface area contributed by atoms with Crippen LogP contribution in [0.15, 0.2) is 59.5 Å². The standard InChI is InChI=1S/C24H26N2O6S/c1-15-7-6-8-20(16(15)2)26-33(28,29)19-11-9-17(10-12-19)24(27)25-18-13-21(30-3)23(32-5)22(14-18)31-4/h6-14,26H,1-5H3,(H,25,27). The summed E-state index contributed by atoms with van der Waals surface area (Å²) in [4.78, 5) is 12.8. The fourth-order valence-corrected chi connectivity index (χ4v) is 4.33. The number of rotatable bonds is 8. The molecule has 9 heteroatoms. The number of anilines is 2. The second-order valence-corrected chi connectivity index (χ2v) is 8.93. The second kappa shape index (κ2) is 9.83. The van der Waals surface area contributed by atoms with Crippen LogP contribution < -0.4 is 24.2 Å². The first kappa shape index (κ1) is 23.9. The van der Waals surface area contributed by atoms with Crippen molar-refractivity contribution < 1.29 is 27.4 Å². The molecule has 33 heavy (non-hydrogen) atoms. The van der Waals surface area contributed by atoms with Gasteiger partial charge in [-0.05, 0) is 55.3 Å². The summed E-state index contributed by atoms with van der Waals surface area (Å²) < 4.78 is 44.0. The van der Waals surface area contributed by atoms with E-state index in [0.717, 1.165) is 11.1 Å². The minimum absolute atomic E-state index is 0.0488. The lowest BCUT2D eigenvalue weighted by atomic mass is 10.1. The van der Waals surface area contributed by atoms with Crippen molar-refractivity contribution in [2.75, 3.05) is 31.4 Å². The maximum Gasteiger partial charge on any atom is 0.261 e. The van der Waals surface area contributed by atoms with Crippen molar-refractivity contribution >= 4 is 27.3 Å². The highest BCUT2D eigenvalue weighted by Crippen LogP contribution is 2.40. The maximum absolute atomic E-state index is 12.8. The van der Waals surface area contributed by atoms with Gasteiger partial charge in [-0.3, -0.25) is 9.52 Å². The van der Waals surface area contributed by atoms with Gasteiger partial charge in [-0.1, -0.05) is 12.1 Å². The van der Waals surface area contributed by atoms with E-state index in [2.05, 4.69) is 10.0 Å². The molecule has 0 saturated heterocycles. The lowest BCUT2D eigenvalue weighted by molar-refractivity contribution is 0.102. The van der Waals surface area contributed by atoms with E-state index in [1.165, 1.54) is 45.6 Å². The van der Waals surface area contributed by atoms with Crippen LogP contribution in [0.2, 0.25) is 0 Å². The lowest BCUT2D eigenvalue weighted by Gasteiger charge is -2.15. The van der Waals surface area contributed by atoms with Gasteiger partial charge >= 0.3 is 0 Å².